The van der Waals surface area contributed by atoms with E-state index in [2.05, 4.69) is 15.2 Å². The van der Waals surface area contributed by atoms with Crippen LogP contribution < -0.4 is 20.6 Å². The van der Waals surface area contributed by atoms with Gasteiger partial charge in [-0.15, -0.1) is 0 Å². The zero-order valence-corrected chi connectivity index (χ0v) is 20.0. The summed E-state index contributed by atoms with van der Waals surface area (Å²) in [7, 11) is 1.26. The summed E-state index contributed by atoms with van der Waals surface area (Å²) < 4.78 is 18.8. The van der Waals surface area contributed by atoms with Crippen LogP contribution in [0.4, 0.5) is 0 Å². The number of hydrogen-bond acceptors (Lipinski definition) is 8. The molecule has 0 amide bonds. The van der Waals surface area contributed by atoms with Crippen LogP contribution in [0.25, 0.3) is 27.6 Å². The molecule has 0 bridgehead atoms. The molecule has 0 radical (unpaired) electrons. The standard InChI is InChI=1S/C26H21N5O6/c1-14-22(26(34)35-2)23(29-28-14)31-8-6-19-17(25(31)33)12-16-18(27-19)5-7-30(24(16)32)13-15-3-4-20-21(11-15)37-10-9-36-20/h3-8,11-12H,9-10,13H2,1-2H3,(H,28,29). The van der Waals surface area contributed by atoms with Crippen molar-refractivity contribution >= 4 is 27.8 Å². The maximum atomic E-state index is 13.5. The molecule has 4 aromatic heterocycles. The van der Waals surface area contributed by atoms with Gasteiger partial charge in [0.05, 0.1) is 35.5 Å². The minimum atomic E-state index is -0.619. The third kappa shape index (κ3) is 3.71. The number of benzene rings is 1. The van der Waals surface area contributed by atoms with E-state index in [1.54, 1.807) is 29.8 Å². The summed E-state index contributed by atoms with van der Waals surface area (Å²) in [5.74, 6) is 0.813. The number of pyridine rings is 3. The first-order valence-electron chi connectivity index (χ1n) is 11.5. The van der Waals surface area contributed by atoms with E-state index in [1.165, 1.54) is 23.9 Å². The first kappa shape index (κ1) is 22.5. The monoisotopic (exact) mass is 499 g/mol. The number of nitrogens with one attached hydrogen (secondary N) is 1. The lowest BCUT2D eigenvalue weighted by Gasteiger charge is -2.19. The quantitative estimate of drug-likeness (QED) is 0.295. The first-order chi connectivity index (χ1) is 17.9. The second kappa shape index (κ2) is 8.63. The number of aromatic amines is 1. The molecule has 0 unspecified atom stereocenters. The molecule has 1 aliphatic heterocycles. The van der Waals surface area contributed by atoms with Crippen molar-refractivity contribution in [1.29, 1.82) is 0 Å². The van der Waals surface area contributed by atoms with Crippen LogP contribution in [0.1, 0.15) is 21.6 Å². The van der Waals surface area contributed by atoms with Gasteiger partial charge >= 0.3 is 5.97 Å². The summed E-state index contributed by atoms with van der Waals surface area (Å²) in [4.78, 5) is 43.7. The Bertz CT molecular complexity index is 1830. The van der Waals surface area contributed by atoms with Gasteiger partial charge in [0.25, 0.3) is 11.1 Å². The van der Waals surface area contributed by atoms with Crippen molar-refractivity contribution in [2.45, 2.75) is 13.5 Å². The number of aromatic nitrogens is 5. The van der Waals surface area contributed by atoms with Crippen molar-refractivity contribution in [2.24, 2.45) is 0 Å². The van der Waals surface area contributed by atoms with Gasteiger partial charge in [-0.25, -0.2) is 9.78 Å². The van der Waals surface area contributed by atoms with Gasteiger partial charge in [-0.1, -0.05) is 6.07 Å². The van der Waals surface area contributed by atoms with Crippen LogP contribution >= 0.6 is 0 Å². The fraction of sp³-hybridized carbons (Fsp3) is 0.192. The number of fused-ring (bicyclic) bond motifs is 3. The van der Waals surface area contributed by atoms with E-state index in [1.807, 2.05) is 18.2 Å². The van der Waals surface area contributed by atoms with E-state index in [4.69, 9.17) is 14.2 Å². The summed E-state index contributed by atoms with van der Waals surface area (Å²) in [6, 6.07) is 10.5. The molecule has 0 spiro atoms. The topological polar surface area (TPSA) is 130 Å². The van der Waals surface area contributed by atoms with Crippen LogP contribution in [-0.2, 0) is 11.3 Å². The molecule has 11 nitrogen and oxygen atoms in total. The second-order valence-electron chi connectivity index (χ2n) is 8.61. The lowest BCUT2D eigenvalue weighted by Crippen LogP contribution is -2.23. The third-order valence-electron chi connectivity index (χ3n) is 6.32. The molecule has 37 heavy (non-hydrogen) atoms. The van der Waals surface area contributed by atoms with Gasteiger partial charge in [-0.2, -0.15) is 5.10 Å². The molecule has 186 valence electrons. The predicted molar refractivity (Wildman–Crippen MR) is 134 cm³/mol. The highest BCUT2D eigenvalue weighted by Gasteiger charge is 2.22. The summed E-state index contributed by atoms with van der Waals surface area (Å²) in [5, 5.41) is 7.37. The number of esters is 1. The van der Waals surface area contributed by atoms with Crippen LogP contribution in [0.5, 0.6) is 11.5 Å². The minimum Gasteiger partial charge on any atom is -0.486 e. The van der Waals surface area contributed by atoms with Crippen molar-refractivity contribution in [3.63, 3.8) is 0 Å². The third-order valence-corrected chi connectivity index (χ3v) is 6.32. The first-order valence-corrected chi connectivity index (χ1v) is 11.5. The Kier molecular flexibility index (Phi) is 5.25. The Morgan fingerprint density at radius 3 is 2.51 bits per heavy atom. The van der Waals surface area contributed by atoms with Gasteiger partial charge in [0.15, 0.2) is 17.3 Å². The highest BCUT2D eigenvalue weighted by Crippen LogP contribution is 2.31. The van der Waals surface area contributed by atoms with Gasteiger partial charge in [0.2, 0.25) is 0 Å². The van der Waals surface area contributed by atoms with Crippen LogP contribution in [-0.4, -0.2) is 50.6 Å². The lowest BCUT2D eigenvalue weighted by molar-refractivity contribution is 0.0600. The molecule has 5 heterocycles. The van der Waals surface area contributed by atoms with Gasteiger partial charge in [-0.3, -0.25) is 19.3 Å². The molecule has 1 aliphatic rings. The Morgan fingerprint density at radius 1 is 1.00 bits per heavy atom. The molecular formula is C26H21N5O6. The smallest absolute Gasteiger partial charge is 0.343 e. The SMILES string of the molecule is COC(=O)c1c(-n2ccc3nc4ccn(Cc5ccc6c(c5)OCCO6)c(=O)c4cc3c2=O)n[nH]c1C. The molecule has 11 heteroatoms. The zero-order valence-electron chi connectivity index (χ0n) is 20.0. The number of rotatable bonds is 4. The molecule has 1 aromatic carbocycles. The van der Waals surface area contributed by atoms with E-state index < -0.39 is 11.5 Å². The second-order valence-corrected chi connectivity index (χ2v) is 8.61. The van der Waals surface area contributed by atoms with E-state index in [0.717, 1.165) is 5.56 Å². The number of carbonyl (C=O) groups is 1. The Morgan fingerprint density at radius 2 is 1.73 bits per heavy atom. The van der Waals surface area contributed by atoms with Crippen LogP contribution in [0.2, 0.25) is 0 Å². The highest BCUT2D eigenvalue weighted by atomic mass is 16.6. The molecule has 5 aromatic rings. The minimum absolute atomic E-state index is 0.112. The largest absolute Gasteiger partial charge is 0.486 e. The predicted octanol–water partition coefficient (Wildman–Crippen LogP) is 2.34. The fourth-order valence-electron chi connectivity index (χ4n) is 4.48. The highest BCUT2D eigenvalue weighted by molar-refractivity contribution is 5.95. The zero-order chi connectivity index (χ0) is 25.7. The van der Waals surface area contributed by atoms with Gasteiger partial charge < -0.3 is 18.8 Å². The van der Waals surface area contributed by atoms with E-state index >= 15 is 0 Å². The van der Waals surface area contributed by atoms with Crippen molar-refractivity contribution in [2.75, 3.05) is 20.3 Å². The van der Waals surface area contributed by atoms with Crippen molar-refractivity contribution in [1.82, 2.24) is 24.3 Å². The molecule has 0 atom stereocenters. The summed E-state index contributed by atoms with van der Waals surface area (Å²) >= 11 is 0. The lowest BCUT2D eigenvalue weighted by atomic mass is 10.1. The molecule has 6 rings (SSSR count). The molecule has 0 saturated heterocycles. The number of H-pyrrole nitrogens is 1. The van der Waals surface area contributed by atoms with Crippen LogP contribution in [0, 0.1) is 6.92 Å². The van der Waals surface area contributed by atoms with E-state index in [0.29, 0.717) is 53.4 Å². The normalized spacial score (nSPS) is 12.7. The van der Waals surface area contributed by atoms with Gasteiger partial charge in [0.1, 0.15) is 18.8 Å². The maximum Gasteiger partial charge on any atom is 0.343 e. The summed E-state index contributed by atoms with van der Waals surface area (Å²) in [5.41, 5.74) is 1.62. The molecular weight excluding hydrogens is 478 g/mol. The number of nitrogens with zero attached hydrogens (tertiary/aromatic N) is 4. The van der Waals surface area contributed by atoms with Crippen molar-refractivity contribution in [3.8, 4) is 17.3 Å². The summed E-state index contributed by atoms with van der Waals surface area (Å²) in [6.45, 7) is 2.94. The summed E-state index contributed by atoms with van der Waals surface area (Å²) in [6.07, 6.45) is 3.17. The number of ether oxygens (including phenoxy) is 3. The Balaban J connectivity index is 1.45. The van der Waals surface area contributed by atoms with E-state index in [9.17, 15) is 14.4 Å². The Hall–Kier alpha value is -4.93. The van der Waals surface area contributed by atoms with E-state index in [-0.39, 0.29) is 22.3 Å². The average Bonchev–Trinajstić information content (AvgIpc) is 3.30. The van der Waals surface area contributed by atoms with Crippen molar-refractivity contribution in [3.05, 3.63) is 86.3 Å². The molecule has 0 fully saturated rings. The van der Waals surface area contributed by atoms with Gasteiger partial charge in [-0.05, 0) is 42.8 Å². The van der Waals surface area contributed by atoms with Crippen LogP contribution in [0.15, 0.2) is 58.4 Å². The number of carbonyl (C=O) groups excluding carboxylic acids is 1. The molecule has 0 aliphatic carbocycles. The van der Waals surface area contributed by atoms with Crippen LogP contribution in [0.3, 0.4) is 0 Å². The number of aryl methyl sites for hydroxylation is 1. The fourth-order valence-corrected chi connectivity index (χ4v) is 4.48. The number of methoxy groups -OCH3 is 1. The van der Waals surface area contributed by atoms with Gasteiger partial charge in [0, 0.05) is 18.1 Å². The Labute approximate surface area is 208 Å². The van der Waals surface area contributed by atoms with Crippen molar-refractivity contribution < 1.29 is 19.0 Å². The average molecular weight is 499 g/mol. The number of hydrogen-bond donors (Lipinski definition) is 1. The maximum absolute atomic E-state index is 13.5. The molecule has 0 saturated carbocycles. The molecule has 1 N–H and O–H groups in total.